The minimum Gasteiger partial charge on any atom is -0.449 e. The highest BCUT2D eigenvalue weighted by atomic mass is 19.1. The maximum absolute atomic E-state index is 14.3. The van der Waals surface area contributed by atoms with Gasteiger partial charge in [-0.05, 0) is 61.2 Å². The van der Waals surface area contributed by atoms with E-state index >= 15 is 0 Å². The van der Waals surface area contributed by atoms with Crippen molar-refractivity contribution >= 4 is 17.0 Å². The summed E-state index contributed by atoms with van der Waals surface area (Å²) in [5, 5.41) is 12.7. The van der Waals surface area contributed by atoms with E-state index in [0.29, 0.717) is 35.0 Å². The highest BCUT2D eigenvalue weighted by molar-refractivity contribution is 5.91. The monoisotopic (exact) mass is 418 g/mol. The summed E-state index contributed by atoms with van der Waals surface area (Å²) in [5.41, 5.74) is 1.04. The van der Waals surface area contributed by atoms with Gasteiger partial charge in [-0.15, -0.1) is 0 Å². The van der Waals surface area contributed by atoms with Gasteiger partial charge < -0.3 is 20.1 Å². The van der Waals surface area contributed by atoms with Crippen molar-refractivity contribution in [1.82, 2.24) is 10.3 Å². The van der Waals surface area contributed by atoms with Gasteiger partial charge in [0.25, 0.3) is 0 Å². The van der Waals surface area contributed by atoms with Crippen LogP contribution in [-0.2, 0) is 11.2 Å². The van der Waals surface area contributed by atoms with Crippen molar-refractivity contribution in [2.45, 2.75) is 37.8 Å². The number of benzene rings is 2. The van der Waals surface area contributed by atoms with E-state index in [2.05, 4.69) is 10.3 Å². The summed E-state index contributed by atoms with van der Waals surface area (Å²) in [5.74, 6) is -1.87. The summed E-state index contributed by atoms with van der Waals surface area (Å²) in [4.78, 5) is 14.9. The summed E-state index contributed by atoms with van der Waals surface area (Å²) >= 11 is 0. The van der Waals surface area contributed by atoms with E-state index in [1.807, 2.05) is 0 Å². The molecular formula is C22H21F3N2O3. The van der Waals surface area contributed by atoms with Crippen LogP contribution in [0.4, 0.5) is 18.0 Å². The summed E-state index contributed by atoms with van der Waals surface area (Å²) in [6.45, 7) is 1.68. The number of alkyl carbamates (subject to hydrolysis) is 1. The smallest absolute Gasteiger partial charge is 0.407 e. The molecule has 1 heterocycles. The molecule has 0 atom stereocenters. The third kappa shape index (κ3) is 4.14. The molecule has 3 aromatic rings. The highest BCUT2D eigenvalue weighted by Crippen LogP contribution is 2.33. The largest absolute Gasteiger partial charge is 0.449 e. The number of hydrogen-bond acceptors (Lipinski definition) is 3. The van der Waals surface area contributed by atoms with E-state index < -0.39 is 29.1 Å². The number of aromatic nitrogens is 1. The fourth-order valence-corrected chi connectivity index (χ4v) is 3.95. The first-order valence-corrected chi connectivity index (χ1v) is 9.63. The molecule has 1 aliphatic carbocycles. The van der Waals surface area contributed by atoms with Gasteiger partial charge >= 0.3 is 6.09 Å². The molecule has 0 bridgehead atoms. The van der Waals surface area contributed by atoms with Gasteiger partial charge in [0.15, 0.2) is 0 Å². The van der Waals surface area contributed by atoms with Crippen molar-refractivity contribution in [2.24, 2.45) is 0 Å². The van der Waals surface area contributed by atoms with Crippen LogP contribution in [0.25, 0.3) is 22.2 Å². The second-order valence-corrected chi connectivity index (χ2v) is 7.93. The van der Waals surface area contributed by atoms with Crippen LogP contribution >= 0.6 is 0 Å². The normalized spacial score (nSPS) is 20.8. The van der Waals surface area contributed by atoms with E-state index in [1.54, 1.807) is 6.92 Å². The zero-order valence-corrected chi connectivity index (χ0v) is 16.3. The second kappa shape index (κ2) is 7.68. The maximum Gasteiger partial charge on any atom is 0.407 e. The van der Waals surface area contributed by atoms with Crippen LogP contribution in [0.1, 0.15) is 25.3 Å². The van der Waals surface area contributed by atoms with E-state index in [9.17, 15) is 23.1 Å². The van der Waals surface area contributed by atoms with Crippen LogP contribution in [0.5, 0.6) is 0 Å². The van der Waals surface area contributed by atoms with Crippen molar-refractivity contribution in [1.29, 1.82) is 0 Å². The van der Waals surface area contributed by atoms with Crippen LogP contribution in [0.2, 0.25) is 0 Å². The van der Waals surface area contributed by atoms with Crippen molar-refractivity contribution in [3.05, 3.63) is 59.4 Å². The van der Waals surface area contributed by atoms with Gasteiger partial charge in [0.05, 0.1) is 17.7 Å². The van der Waals surface area contributed by atoms with Crippen LogP contribution in [-0.4, -0.2) is 34.4 Å². The molecule has 4 rings (SSSR count). The minimum absolute atomic E-state index is 0.0196. The Morgan fingerprint density at radius 2 is 1.90 bits per heavy atom. The standard InChI is InChI=1S/C22H21F3N2O3/c1-22(29)10-15(11-22)26-21(28)30-7-6-16-17-8-14(24)9-18(25)20(17)27-19(16)12-2-4-13(23)5-3-12/h2-5,8-9,15,27,29H,6-7,10-11H2,1H3,(H,26,28)/t15-,22+. The molecule has 3 N–H and O–H groups in total. The number of aromatic amines is 1. The average Bonchev–Trinajstić information content (AvgIpc) is 3.00. The first kappa shape index (κ1) is 20.3. The van der Waals surface area contributed by atoms with Gasteiger partial charge in [-0.25, -0.2) is 18.0 Å². The fourth-order valence-electron chi connectivity index (χ4n) is 3.95. The number of halogens is 3. The predicted octanol–water partition coefficient (Wildman–Crippen LogP) is 4.43. The molecular weight excluding hydrogens is 397 g/mol. The molecule has 30 heavy (non-hydrogen) atoms. The van der Waals surface area contributed by atoms with Crippen LogP contribution in [0.3, 0.4) is 0 Å². The quantitative estimate of drug-likeness (QED) is 0.574. The SMILES string of the molecule is C[C@]1(O)C[C@@H](NC(=O)OCCc2c(-c3ccc(F)cc3)[nH]c3c(F)cc(F)cc23)C1. The molecule has 0 unspecified atom stereocenters. The number of carbonyl (C=O) groups excluding carboxylic acids is 1. The first-order valence-electron chi connectivity index (χ1n) is 9.63. The Balaban J connectivity index is 1.53. The van der Waals surface area contributed by atoms with Crippen molar-refractivity contribution in [3.63, 3.8) is 0 Å². The lowest BCUT2D eigenvalue weighted by Crippen LogP contribution is -2.53. The fraction of sp³-hybridized carbons (Fsp3) is 0.318. The molecule has 0 saturated heterocycles. The lowest BCUT2D eigenvalue weighted by atomic mass is 9.77. The molecule has 1 saturated carbocycles. The molecule has 0 aliphatic heterocycles. The Bertz CT molecular complexity index is 1090. The molecule has 8 heteroatoms. The number of ether oxygens (including phenoxy) is 1. The van der Waals surface area contributed by atoms with E-state index in [1.165, 1.54) is 30.3 Å². The molecule has 2 aromatic carbocycles. The minimum atomic E-state index is -0.764. The molecule has 0 radical (unpaired) electrons. The molecule has 0 spiro atoms. The lowest BCUT2D eigenvalue weighted by molar-refractivity contribution is -0.0379. The predicted molar refractivity (Wildman–Crippen MR) is 105 cm³/mol. The molecule has 5 nitrogen and oxygen atoms in total. The molecule has 158 valence electrons. The number of carbonyl (C=O) groups is 1. The Hall–Kier alpha value is -3.00. The van der Waals surface area contributed by atoms with E-state index in [4.69, 9.17) is 4.74 Å². The third-order valence-corrected chi connectivity index (χ3v) is 5.34. The summed E-state index contributed by atoms with van der Waals surface area (Å²) in [7, 11) is 0. The molecule has 1 aromatic heterocycles. The number of aliphatic hydroxyl groups is 1. The Kier molecular flexibility index (Phi) is 5.19. The van der Waals surface area contributed by atoms with Gasteiger partial charge in [0.2, 0.25) is 0 Å². The van der Waals surface area contributed by atoms with Crippen LogP contribution < -0.4 is 5.32 Å². The van der Waals surface area contributed by atoms with E-state index in [0.717, 1.165) is 6.07 Å². The lowest BCUT2D eigenvalue weighted by Gasteiger charge is -2.40. The number of fused-ring (bicyclic) bond motifs is 1. The van der Waals surface area contributed by atoms with Crippen molar-refractivity contribution in [2.75, 3.05) is 6.61 Å². The van der Waals surface area contributed by atoms with Gasteiger partial charge in [-0.2, -0.15) is 0 Å². The number of H-pyrrole nitrogens is 1. The Morgan fingerprint density at radius 1 is 1.20 bits per heavy atom. The number of amides is 1. The van der Waals surface area contributed by atoms with Crippen LogP contribution in [0.15, 0.2) is 36.4 Å². The van der Waals surface area contributed by atoms with Gasteiger partial charge in [0, 0.05) is 29.6 Å². The number of rotatable bonds is 5. The van der Waals surface area contributed by atoms with Crippen molar-refractivity contribution in [3.8, 4) is 11.3 Å². The summed E-state index contributed by atoms with van der Waals surface area (Å²) < 4.78 is 46.6. The van der Waals surface area contributed by atoms with Gasteiger partial charge in [-0.1, -0.05) is 0 Å². The highest BCUT2D eigenvalue weighted by Gasteiger charge is 2.39. The summed E-state index contributed by atoms with van der Waals surface area (Å²) in [6.07, 6.45) is 0.497. The molecule has 1 amide bonds. The third-order valence-electron chi connectivity index (χ3n) is 5.34. The molecule has 1 aliphatic rings. The maximum atomic E-state index is 14.3. The van der Waals surface area contributed by atoms with E-state index in [-0.39, 0.29) is 24.6 Å². The van der Waals surface area contributed by atoms with Crippen molar-refractivity contribution < 1.29 is 27.8 Å². The Morgan fingerprint density at radius 3 is 2.57 bits per heavy atom. The average molecular weight is 418 g/mol. The number of nitrogens with one attached hydrogen (secondary N) is 2. The van der Waals surface area contributed by atoms with Gasteiger partial charge in [0.1, 0.15) is 17.5 Å². The second-order valence-electron chi connectivity index (χ2n) is 7.93. The molecule has 1 fully saturated rings. The zero-order valence-electron chi connectivity index (χ0n) is 16.3. The topological polar surface area (TPSA) is 74.3 Å². The summed E-state index contributed by atoms with van der Waals surface area (Å²) in [6, 6.07) is 7.49. The first-order chi connectivity index (χ1) is 14.2. The zero-order chi connectivity index (χ0) is 21.5. The van der Waals surface area contributed by atoms with Gasteiger partial charge in [-0.3, -0.25) is 0 Å². The number of hydrogen-bond donors (Lipinski definition) is 3. The Labute approximate surface area is 170 Å². The van der Waals surface area contributed by atoms with Crippen LogP contribution in [0, 0.1) is 17.5 Å².